The molecule has 8 rings (SSSR count). The van der Waals surface area contributed by atoms with Gasteiger partial charge < -0.3 is 0 Å². The summed E-state index contributed by atoms with van der Waals surface area (Å²) in [6.07, 6.45) is 28.0. The van der Waals surface area contributed by atoms with Crippen molar-refractivity contribution in [3.8, 4) is 11.1 Å². The first-order valence-electron chi connectivity index (χ1n) is 22.8. The Bertz CT molecular complexity index is 1540. The standard InChI is InChI=1S/C26H38F2.C26H34/c1-17-3-5-19(6-4-17)20-7-9-21(10-8-20)22-11-13-23(14-12-22)24-15-25(27)18(2)26(28)16-24;1-19-3-7-21(8-4-19)23-11-15-25(16-12-23)26-17-13-24(14-18-26)22-9-5-20(2)6-10-22/h15-17,19-23H,3-14H2,1-2H3;3-4,7-8,11-12,15-16,20,22,24,26H,5-6,9-10,13-14,17-18H2,1-2H3. The highest BCUT2D eigenvalue weighted by Gasteiger charge is 2.35. The van der Waals surface area contributed by atoms with Crippen LogP contribution < -0.4 is 0 Å². The lowest BCUT2D eigenvalue weighted by Crippen LogP contribution is -2.29. The van der Waals surface area contributed by atoms with E-state index >= 15 is 0 Å². The van der Waals surface area contributed by atoms with Crippen molar-refractivity contribution in [2.45, 2.75) is 168 Å². The summed E-state index contributed by atoms with van der Waals surface area (Å²) in [6.45, 7) is 8.53. The summed E-state index contributed by atoms with van der Waals surface area (Å²) >= 11 is 0. The number of rotatable bonds is 6. The van der Waals surface area contributed by atoms with Gasteiger partial charge in [-0.3, -0.25) is 0 Å². The minimum Gasteiger partial charge on any atom is -0.207 e. The van der Waals surface area contributed by atoms with Crippen LogP contribution in [0.4, 0.5) is 8.78 Å². The van der Waals surface area contributed by atoms with E-state index in [2.05, 4.69) is 69.3 Å². The van der Waals surface area contributed by atoms with Crippen LogP contribution in [0.15, 0.2) is 60.7 Å². The normalized spacial score (nSPS) is 33.4. The Kier molecular flexibility index (Phi) is 13.7. The molecule has 0 amide bonds. The van der Waals surface area contributed by atoms with Gasteiger partial charge in [-0.2, -0.15) is 0 Å². The van der Waals surface area contributed by atoms with Crippen molar-refractivity contribution in [1.82, 2.24) is 0 Å². The Labute approximate surface area is 328 Å². The van der Waals surface area contributed by atoms with E-state index in [1.165, 1.54) is 139 Å². The average Bonchev–Trinajstić information content (AvgIpc) is 3.21. The highest BCUT2D eigenvalue weighted by Crippen LogP contribution is 2.48. The summed E-state index contributed by atoms with van der Waals surface area (Å²) in [6, 6.07) is 21.5. The third-order valence-corrected chi connectivity index (χ3v) is 16.0. The van der Waals surface area contributed by atoms with Crippen molar-refractivity contribution in [1.29, 1.82) is 0 Å². The van der Waals surface area contributed by atoms with E-state index in [0.717, 1.165) is 71.7 Å². The van der Waals surface area contributed by atoms with E-state index < -0.39 is 0 Å². The molecule has 0 saturated heterocycles. The molecule has 0 aliphatic heterocycles. The van der Waals surface area contributed by atoms with E-state index in [-0.39, 0.29) is 17.2 Å². The van der Waals surface area contributed by atoms with Crippen LogP contribution in [0.5, 0.6) is 0 Å². The van der Waals surface area contributed by atoms with Gasteiger partial charge in [0.1, 0.15) is 11.6 Å². The fourth-order valence-electron chi connectivity index (χ4n) is 12.0. The van der Waals surface area contributed by atoms with Crippen LogP contribution >= 0.6 is 0 Å². The van der Waals surface area contributed by atoms with Crippen LogP contribution in [0, 0.1) is 72.8 Å². The molecule has 0 bridgehead atoms. The molecule has 0 aromatic heterocycles. The Hall–Kier alpha value is -2.48. The minimum atomic E-state index is -0.382. The molecule has 3 aromatic carbocycles. The van der Waals surface area contributed by atoms with E-state index in [4.69, 9.17) is 0 Å². The second kappa shape index (κ2) is 18.6. The average molecular weight is 735 g/mol. The molecule has 0 radical (unpaired) electrons. The Morgan fingerprint density at radius 2 is 0.667 bits per heavy atom. The maximum atomic E-state index is 13.9. The zero-order valence-corrected chi connectivity index (χ0v) is 34.4. The quantitative estimate of drug-likeness (QED) is 0.237. The van der Waals surface area contributed by atoms with Gasteiger partial charge in [0.15, 0.2) is 0 Å². The molecule has 5 saturated carbocycles. The van der Waals surface area contributed by atoms with Crippen molar-refractivity contribution in [2.75, 3.05) is 0 Å². The number of halogens is 2. The van der Waals surface area contributed by atoms with Gasteiger partial charge in [0.25, 0.3) is 0 Å². The highest BCUT2D eigenvalue weighted by atomic mass is 19.1. The highest BCUT2D eigenvalue weighted by molar-refractivity contribution is 5.64. The van der Waals surface area contributed by atoms with Gasteiger partial charge in [0.05, 0.1) is 0 Å². The lowest BCUT2D eigenvalue weighted by Gasteiger charge is -2.41. The number of hydrogen-bond acceptors (Lipinski definition) is 0. The molecule has 5 aliphatic rings. The minimum absolute atomic E-state index is 0.154. The summed E-state index contributed by atoms with van der Waals surface area (Å²) < 4.78 is 27.9. The van der Waals surface area contributed by atoms with Gasteiger partial charge in [0.2, 0.25) is 0 Å². The fourth-order valence-corrected chi connectivity index (χ4v) is 12.0. The van der Waals surface area contributed by atoms with Crippen LogP contribution in [0.2, 0.25) is 0 Å². The smallest absolute Gasteiger partial charge is 0.129 e. The van der Waals surface area contributed by atoms with Crippen LogP contribution in [0.25, 0.3) is 11.1 Å². The predicted molar refractivity (Wildman–Crippen MR) is 225 cm³/mol. The molecule has 0 heterocycles. The lowest BCUT2D eigenvalue weighted by molar-refractivity contribution is 0.112. The maximum absolute atomic E-state index is 13.9. The first kappa shape index (κ1) is 39.7. The third kappa shape index (κ3) is 10.1. The van der Waals surface area contributed by atoms with Gasteiger partial charge in [-0.05, 0) is 210 Å². The predicted octanol–water partition coefficient (Wildman–Crippen LogP) is 15.9. The summed E-state index contributed by atoms with van der Waals surface area (Å²) in [5.41, 5.74) is 6.61. The zero-order valence-electron chi connectivity index (χ0n) is 34.4. The first-order valence-corrected chi connectivity index (χ1v) is 22.8. The Balaban J connectivity index is 0.000000167. The van der Waals surface area contributed by atoms with Gasteiger partial charge in [-0.15, -0.1) is 0 Å². The monoisotopic (exact) mass is 735 g/mol. The second-order valence-electron chi connectivity index (χ2n) is 19.5. The third-order valence-electron chi connectivity index (χ3n) is 16.0. The molecule has 294 valence electrons. The number of hydrogen-bond donors (Lipinski definition) is 0. The van der Waals surface area contributed by atoms with E-state index in [1.807, 2.05) is 0 Å². The SMILES string of the molecule is Cc1c(F)cc(C2CCC(C3CCC(C4CCC(C)CC4)CC3)CC2)cc1F.Cc1ccc(-c2ccc(C3CCC(C4CCC(C)CC4)CC3)cc2)cc1. The summed E-state index contributed by atoms with van der Waals surface area (Å²) in [5, 5.41) is 0. The van der Waals surface area contributed by atoms with Crippen molar-refractivity contribution in [3.05, 3.63) is 94.6 Å². The number of aryl methyl sites for hydroxylation is 1. The van der Waals surface area contributed by atoms with Gasteiger partial charge in [-0.1, -0.05) is 93.6 Å². The van der Waals surface area contributed by atoms with E-state index in [1.54, 1.807) is 17.7 Å². The fraction of sp³-hybridized carbons (Fsp3) is 0.654. The molecule has 0 spiro atoms. The van der Waals surface area contributed by atoms with Crippen LogP contribution in [0.3, 0.4) is 0 Å². The molecule has 2 heteroatoms. The van der Waals surface area contributed by atoms with Crippen molar-refractivity contribution < 1.29 is 8.78 Å². The van der Waals surface area contributed by atoms with Crippen molar-refractivity contribution in [2.24, 2.45) is 47.3 Å². The molecular weight excluding hydrogens is 663 g/mol. The molecule has 0 nitrogen and oxygen atoms in total. The maximum Gasteiger partial charge on any atom is 0.129 e. The molecule has 54 heavy (non-hydrogen) atoms. The first-order chi connectivity index (χ1) is 26.2. The van der Waals surface area contributed by atoms with Crippen molar-refractivity contribution in [3.63, 3.8) is 0 Å². The molecule has 5 fully saturated rings. The molecule has 5 aliphatic carbocycles. The largest absolute Gasteiger partial charge is 0.207 e. The molecule has 0 N–H and O–H groups in total. The lowest BCUT2D eigenvalue weighted by atomic mass is 9.65. The van der Waals surface area contributed by atoms with Gasteiger partial charge in [0, 0.05) is 5.56 Å². The van der Waals surface area contributed by atoms with E-state index in [9.17, 15) is 8.78 Å². The summed E-state index contributed by atoms with van der Waals surface area (Å²) in [4.78, 5) is 0. The summed E-state index contributed by atoms with van der Waals surface area (Å²) in [7, 11) is 0. The molecule has 0 unspecified atom stereocenters. The van der Waals surface area contributed by atoms with Crippen molar-refractivity contribution >= 4 is 0 Å². The molecular formula is C52H72F2. The second-order valence-corrected chi connectivity index (χ2v) is 19.5. The Morgan fingerprint density at radius 1 is 0.370 bits per heavy atom. The van der Waals surface area contributed by atoms with Gasteiger partial charge in [-0.25, -0.2) is 8.78 Å². The van der Waals surface area contributed by atoms with E-state index in [0.29, 0.717) is 5.92 Å². The topological polar surface area (TPSA) is 0 Å². The Morgan fingerprint density at radius 3 is 1.04 bits per heavy atom. The summed E-state index contributed by atoms with van der Waals surface area (Å²) in [5.74, 6) is 8.14. The van der Waals surface area contributed by atoms with Crippen LogP contribution in [-0.4, -0.2) is 0 Å². The number of benzene rings is 3. The van der Waals surface area contributed by atoms with Crippen LogP contribution in [0.1, 0.15) is 176 Å². The molecule has 0 atom stereocenters. The zero-order chi connectivity index (χ0) is 37.6. The van der Waals surface area contributed by atoms with Gasteiger partial charge >= 0.3 is 0 Å². The van der Waals surface area contributed by atoms with Crippen LogP contribution in [-0.2, 0) is 0 Å². The molecule has 3 aromatic rings.